The number of nitrogens with zero attached hydrogens (tertiary/aromatic N) is 2. The molecule has 2 aromatic carbocycles. The van der Waals surface area contributed by atoms with Crippen molar-refractivity contribution in [3.8, 4) is 0 Å². The Hall–Kier alpha value is -2.21. The largest absolute Gasteiger partial charge is 0.395 e. The second-order valence-electron chi connectivity index (χ2n) is 7.74. The maximum atomic E-state index is 14.2. The van der Waals surface area contributed by atoms with Crippen LogP contribution in [0, 0.1) is 12.7 Å². The third-order valence-electron chi connectivity index (χ3n) is 6.13. The van der Waals surface area contributed by atoms with Crippen LogP contribution in [-0.2, 0) is 18.7 Å². The third-order valence-corrected chi connectivity index (χ3v) is 6.13. The summed E-state index contributed by atoms with van der Waals surface area (Å²) in [7, 11) is 0. The zero-order valence-electron chi connectivity index (χ0n) is 16.2. The number of fused-ring (bicyclic) bond motifs is 1. The molecule has 3 aromatic rings. The van der Waals surface area contributed by atoms with Crippen LogP contribution in [0.1, 0.15) is 29.7 Å². The molecule has 0 saturated carbocycles. The zero-order valence-corrected chi connectivity index (χ0v) is 16.2. The Morgan fingerprint density at radius 1 is 1.04 bits per heavy atom. The monoisotopic (exact) mass is 382 g/mol. The van der Waals surface area contributed by atoms with Crippen LogP contribution in [-0.4, -0.2) is 39.4 Å². The molecule has 28 heavy (non-hydrogen) atoms. The molecule has 0 bridgehead atoms. The number of likely N-dealkylation sites (tertiary alicyclic amines) is 1. The quantitative estimate of drug-likeness (QED) is 0.709. The highest BCUT2D eigenvalue weighted by atomic mass is 19.1. The summed E-state index contributed by atoms with van der Waals surface area (Å²) in [5, 5.41) is 21.7. The van der Waals surface area contributed by atoms with Crippen LogP contribution in [0.2, 0.25) is 0 Å². The van der Waals surface area contributed by atoms with Gasteiger partial charge in [0.05, 0.1) is 12.2 Å². The van der Waals surface area contributed by atoms with Crippen molar-refractivity contribution in [2.75, 3.05) is 19.7 Å². The van der Waals surface area contributed by atoms with Gasteiger partial charge in [-0.1, -0.05) is 36.4 Å². The molecule has 1 aliphatic heterocycles. The number of piperidine rings is 1. The fourth-order valence-corrected chi connectivity index (χ4v) is 4.50. The Kier molecular flexibility index (Phi) is 5.23. The molecule has 2 N–H and O–H groups in total. The van der Waals surface area contributed by atoms with E-state index in [4.69, 9.17) is 0 Å². The summed E-state index contributed by atoms with van der Waals surface area (Å²) in [6, 6.07) is 14.8. The van der Waals surface area contributed by atoms with Gasteiger partial charge in [-0.2, -0.15) is 0 Å². The molecule has 0 atom stereocenters. The Labute approximate surface area is 164 Å². The van der Waals surface area contributed by atoms with Crippen LogP contribution in [0.4, 0.5) is 4.39 Å². The molecule has 148 valence electrons. The summed E-state index contributed by atoms with van der Waals surface area (Å²) in [5.74, 6) is -0.332. The van der Waals surface area contributed by atoms with Gasteiger partial charge in [-0.25, -0.2) is 4.39 Å². The minimum atomic E-state index is -1.10. The van der Waals surface area contributed by atoms with Gasteiger partial charge < -0.3 is 14.8 Å². The van der Waals surface area contributed by atoms with Crippen molar-refractivity contribution in [3.63, 3.8) is 0 Å². The smallest absolute Gasteiger partial charge is 0.129 e. The van der Waals surface area contributed by atoms with E-state index in [-0.39, 0.29) is 12.4 Å². The van der Waals surface area contributed by atoms with Gasteiger partial charge in [0, 0.05) is 48.3 Å². The van der Waals surface area contributed by atoms with Crippen LogP contribution < -0.4 is 0 Å². The van der Waals surface area contributed by atoms with E-state index in [1.54, 1.807) is 18.2 Å². The first kappa shape index (κ1) is 19.1. The first-order valence-corrected chi connectivity index (χ1v) is 9.91. The third kappa shape index (κ3) is 3.34. The lowest BCUT2D eigenvalue weighted by Crippen LogP contribution is -2.42. The van der Waals surface area contributed by atoms with Crippen molar-refractivity contribution < 1.29 is 14.6 Å². The van der Waals surface area contributed by atoms with E-state index in [2.05, 4.69) is 28.5 Å². The number of aromatic nitrogens is 1. The summed E-state index contributed by atoms with van der Waals surface area (Å²) in [6.45, 7) is 5.01. The second-order valence-corrected chi connectivity index (χ2v) is 7.74. The van der Waals surface area contributed by atoms with E-state index in [9.17, 15) is 14.6 Å². The second kappa shape index (κ2) is 7.66. The molecular weight excluding hydrogens is 355 g/mol. The van der Waals surface area contributed by atoms with Gasteiger partial charge in [0.2, 0.25) is 0 Å². The van der Waals surface area contributed by atoms with Crippen LogP contribution in [0.25, 0.3) is 10.9 Å². The predicted octanol–water partition coefficient (Wildman–Crippen LogP) is 3.56. The van der Waals surface area contributed by atoms with Crippen LogP contribution in [0.5, 0.6) is 0 Å². The van der Waals surface area contributed by atoms with Crippen molar-refractivity contribution in [1.82, 2.24) is 9.47 Å². The molecule has 0 spiro atoms. The van der Waals surface area contributed by atoms with Gasteiger partial charge >= 0.3 is 0 Å². The number of rotatable bonds is 5. The van der Waals surface area contributed by atoms with Gasteiger partial charge in [-0.15, -0.1) is 0 Å². The number of aliphatic hydroxyl groups is 2. The van der Waals surface area contributed by atoms with E-state index in [1.165, 1.54) is 22.7 Å². The van der Waals surface area contributed by atoms with E-state index >= 15 is 0 Å². The summed E-state index contributed by atoms with van der Waals surface area (Å²) in [5.41, 5.74) is 2.89. The fourth-order valence-electron chi connectivity index (χ4n) is 4.50. The van der Waals surface area contributed by atoms with Crippen molar-refractivity contribution >= 4 is 10.9 Å². The minimum Gasteiger partial charge on any atom is -0.395 e. The van der Waals surface area contributed by atoms with Crippen molar-refractivity contribution in [3.05, 3.63) is 71.2 Å². The number of halogens is 1. The van der Waals surface area contributed by atoms with E-state index in [1.807, 2.05) is 12.1 Å². The molecule has 1 saturated heterocycles. The first-order valence-electron chi connectivity index (χ1n) is 9.91. The Morgan fingerprint density at radius 3 is 2.43 bits per heavy atom. The summed E-state index contributed by atoms with van der Waals surface area (Å²) < 4.78 is 16.3. The molecule has 2 heterocycles. The lowest BCUT2D eigenvalue weighted by Gasteiger charge is -2.38. The molecule has 4 rings (SSSR count). The predicted molar refractivity (Wildman–Crippen MR) is 109 cm³/mol. The SMILES string of the molecule is Cc1c(CN2CCC(O)(c3ccccc3F)CC2)c2ccccc2n1CCO. The molecule has 4 nitrogen and oxygen atoms in total. The average molecular weight is 382 g/mol. The Morgan fingerprint density at radius 2 is 1.71 bits per heavy atom. The highest BCUT2D eigenvalue weighted by Gasteiger charge is 2.36. The van der Waals surface area contributed by atoms with Gasteiger partial charge in [0.15, 0.2) is 0 Å². The Balaban J connectivity index is 1.54. The zero-order chi connectivity index (χ0) is 19.7. The molecule has 0 aliphatic carbocycles. The van der Waals surface area contributed by atoms with Crippen LogP contribution in [0.3, 0.4) is 0 Å². The highest BCUT2D eigenvalue weighted by Crippen LogP contribution is 2.35. The van der Waals surface area contributed by atoms with E-state index in [0.717, 1.165) is 12.1 Å². The summed E-state index contributed by atoms with van der Waals surface area (Å²) in [4.78, 5) is 2.33. The molecule has 1 fully saturated rings. The number of para-hydroxylation sites is 1. The van der Waals surface area contributed by atoms with Gasteiger partial charge in [0.25, 0.3) is 0 Å². The maximum absolute atomic E-state index is 14.2. The molecule has 1 aromatic heterocycles. The fraction of sp³-hybridized carbons (Fsp3) is 0.391. The van der Waals surface area contributed by atoms with Crippen molar-refractivity contribution in [2.24, 2.45) is 0 Å². The molecule has 1 aliphatic rings. The van der Waals surface area contributed by atoms with Crippen LogP contribution >= 0.6 is 0 Å². The molecule has 0 radical (unpaired) electrons. The lowest BCUT2D eigenvalue weighted by atomic mass is 9.84. The van der Waals surface area contributed by atoms with Crippen molar-refractivity contribution in [1.29, 1.82) is 0 Å². The van der Waals surface area contributed by atoms with Gasteiger partial charge in [0.1, 0.15) is 5.82 Å². The average Bonchev–Trinajstić information content (AvgIpc) is 2.96. The standard InChI is InChI=1S/C23H27FN2O2/c1-17-19(18-6-2-5-9-22(18)26(17)14-15-27)16-25-12-10-23(28,11-13-25)20-7-3-4-8-21(20)24/h2-9,27-28H,10-16H2,1H3. The van der Waals surface area contributed by atoms with E-state index < -0.39 is 5.60 Å². The van der Waals surface area contributed by atoms with Gasteiger partial charge in [-0.3, -0.25) is 4.90 Å². The summed E-state index contributed by atoms with van der Waals surface area (Å²) in [6.07, 6.45) is 1.03. The molecule has 5 heteroatoms. The normalized spacial score (nSPS) is 17.3. The van der Waals surface area contributed by atoms with E-state index in [0.29, 0.717) is 38.0 Å². The van der Waals surface area contributed by atoms with Gasteiger partial charge in [-0.05, 0) is 37.5 Å². The molecular formula is C23H27FN2O2. The minimum absolute atomic E-state index is 0.109. The first-order chi connectivity index (χ1) is 13.5. The maximum Gasteiger partial charge on any atom is 0.129 e. The topological polar surface area (TPSA) is 48.6 Å². The number of hydrogen-bond acceptors (Lipinski definition) is 3. The van der Waals surface area contributed by atoms with Crippen molar-refractivity contribution in [2.45, 2.75) is 38.5 Å². The Bertz CT molecular complexity index is 974. The lowest BCUT2D eigenvalue weighted by molar-refractivity contribution is -0.0302. The molecule has 0 amide bonds. The highest BCUT2D eigenvalue weighted by molar-refractivity contribution is 5.85. The number of aliphatic hydroxyl groups excluding tert-OH is 1. The molecule has 0 unspecified atom stereocenters. The number of hydrogen-bond donors (Lipinski definition) is 2. The summed E-state index contributed by atoms with van der Waals surface area (Å²) >= 11 is 0. The van der Waals surface area contributed by atoms with Crippen LogP contribution in [0.15, 0.2) is 48.5 Å². The number of benzene rings is 2.